The molecule has 5 heteroatoms. The van der Waals surface area contributed by atoms with E-state index in [4.69, 9.17) is 0 Å². The molecular formula is C19H20N4O. The normalized spacial score (nSPS) is 18.1. The van der Waals surface area contributed by atoms with Crippen LogP contribution in [0, 0.1) is 0 Å². The van der Waals surface area contributed by atoms with Crippen LogP contribution in [0.3, 0.4) is 0 Å². The van der Waals surface area contributed by atoms with Crippen molar-refractivity contribution in [1.29, 1.82) is 0 Å². The zero-order chi connectivity index (χ0) is 16.5. The van der Waals surface area contributed by atoms with Gasteiger partial charge in [0, 0.05) is 36.9 Å². The predicted octanol–water partition coefficient (Wildman–Crippen LogP) is 2.91. The number of amides is 1. The number of nitrogens with zero attached hydrogens (tertiary/aromatic N) is 3. The van der Waals surface area contributed by atoms with Gasteiger partial charge in [0.25, 0.3) is 5.91 Å². The van der Waals surface area contributed by atoms with E-state index >= 15 is 0 Å². The number of H-pyrrole nitrogens is 1. The van der Waals surface area contributed by atoms with Crippen molar-refractivity contribution in [2.45, 2.75) is 13.0 Å². The van der Waals surface area contributed by atoms with Gasteiger partial charge in [-0.3, -0.25) is 4.79 Å². The number of rotatable bonds is 2. The maximum absolute atomic E-state index is 12.9. The fourth-order valence-electron chi connectivity index (χ4n) is 3.37. The fourth-order valence-corrected chi connectivity index (χ4v) is 3.37. The van der Waals surface area contributed by atoms with Gasteiger partial charge in [-0.1, -0.05) is 18.2 Å². The molecule has 0 saturated carbocycles. The molecule has 2 aromatic carbocycles. The van der Waals surface area contributed by atoms with Gasteiger partial charge in [-0.05, 0) is 37.3 Å². The highest BCUT2D eigenvalue weighted by molar-refractivity contribution is 5.97. The molecule has 122 valence electrons. The number of fused-ring (bicyclic) bond motifs is 1. The Bertz CT molecular complexity index is 858. The lowest BCUT2D eigenvalue weighted by atomic mass is 10.1. The number of para-hydroxylation sites is 1. The molecule has 1 aliphatic heterocycles. The molecule has 24 heavy (non-hydrogen) atoms. The number of piperazine rings is 1. The molecule has 2 heterocycles. The molecule has 5 nitrogen and oxygen atoms in total. The first-order chi connectivity index (χ1) is 11.7. The second-order valence-corrected chi connectivity index (χ2v) is 6.26. The summed E-state index contributed by atoms with van der Waals surface area (Å²) in [5.41, 5.74) is 3.71. The summed E-state index contributed by atoms with van der Waals surface area (Å²) in [4.78, 5) is 24.5. The Hall–Kier alpha value is -2.82. The van der Waals surface area contributed by atoms with Crippen LogP contribution in [0.4, 0.5) is 5.69 Å². The van der Waals surface area contributed by atoms with E-state index in [9.17, 15) is 4.79 Å². The van der Waals surface area contributed by atoms with Crippen LogP contribution in [0.1, 0.15) is 17.3 Å². The maximum Gasteiger partial charge on any atom is 0.254 e. The molecule has 0 bridgehead atoms. The molecular weight excluding hydrogens is 300 g/mol. The van der Waals surface area contributed by atoms with Crippen molar-refractivity contribution in [3.8, 4) is 0 Å². The number of hydrogen-bond donors (Lipinski definition) is 1. The largest absolute Gasteiger partial charge is 0.368 e. The number of carbonyl (C=O) groups is 1. The summed E-state index contributed by atoms with van der Waals surface area (Å²) >= 11 is 0. The number of aromatic amines is 1. The highest BCUT2D eigenvalue weighted by Crippen LogP contribution is 2.21. The van der Waals surface area contributed by atoms with Crippen molar-refractivity contribution in [1.82, 2.24) is 14.9 Å². The van der Waals surface area contributed by atoms with E-state index in [1.54, 1.807) is 6.33 Å². The van der Waals surface area contributed by atoms with Crippen LogP contribution >= 0.6 is 0 Å². The summed E-state index contributed by atoms with van der Waals surface area (Å²) in [7, 11) is 0. The number of anilines is 1. The standard InChI is InChI=1S/C19H20N4O/c1-14-12-22(16-5-3-2-4-6-16)9-10-23(14)19(24)15-7-8-17-18(11-15)21-13-20-17/h2-8,11,13-14H,9-10,12H2,1H3,(H,20,21). The Morgan fingerprint density at radius 2 is 2.00 bits per heavy atom. The van der Waals surface area contributed by atoms with Gasteiger partial charge in [0.2, 0.25) is 0 Å². The van der Waals surface area contributed by atoms with E-state index in [2.05, 4.69) is 46.1 Å². The van der Waals surface area contributed by atoms with Gasteiger partial charge >= 0.3 is 0 Å². The number of imidazole rings is 1. The average molecular weight is 320 g/mol. The van der Waals surface area contributed by atoms with Gasteiger partial charge in [-0.25, -0.2) is 4.98 Å². The molecule has 1 atom stereocenters. The smallest absolute Gasteiger partial charge is 0.254 e. The third kappa shape index (κ3) is 2.62. The molecule has 1 saturated heterocycles. The zero-order valence-corrected chi connectivity index (χ0v) is 13.6. The van der Waals surface area contributed by atoms with Crippen LogP contribution in [-0.4, -0.2) is 46.5 Å². The summed E-state index contributed by atoms with van der Waals surface area (Å²) in [6.45, 7) is 4.55. The third-order valence-corrected chi connectivity index (χ3v) is 4.68. The quantitative estimate of drug-likeness (QED) is 0.790. The molecule has 0 radical (unpaired) electrons. The van der Waals surface area contributed by atoms with Gasteiger partial charge < -0.3 is 14.8 Å². The van der Waals surface area contributed by atoms with E-state index in [1.807, 2.05) is 29.2 Å². The van der Waals surface area contributed by atoms with Crippen molar-refractivity contribution >= 4 is 22.6 Å². The Morgan fingerprint density at radius 3 is 2.79 bits per heavy atom. The van der Waals surface area contributed by atoms with Crippen LogP contribution in [0.5, 0.6) is 0 Å². The van der Waals surface area contributed by atoms with Crippen molar-refractivity contribution in [2.24, 2.45) is 0 Å². The van der Waals surface area contributed by atoms with Gasteiger partial charge in [0.1, 0.15) is 0 Å². The number of aromatic nitrogens is 2. The molecule has 4 rings (SSSR count). The Kier molecular flexibility index (Phi) is 3.69. The molecule has 1 amide bonds. The summed E-state index contributed by atoms with van der Waals surface area (Å²) in [6.07, 6.45) is 1.65. The Morgan fingerprint density at radius 1 is 1.17 bits per heavy atom. The minimum atomic E-state index is 0.0895. The monoisotopic (exact) mass is 320 g/mol. The van der Waals surface area contributed by atoms with Gasteiger partial charge in [-0.2, -0.15) is 0 Å². The van der Waals surface area contributed by atoms with E-state index in [0.29, 0.717) is 5.56 Å². The van der Waals surface area contributed by atoms with Crippen LogP contribution in [0.15, 0.2) is 54.9 Å². The van der Waals surface area contributed by atoms with E-state index in [-0.39, 0.29) is 11.9 Å². The molecule has 1 aromatic heterocycles. The molecule has 1 aliphatic rings. The van der Waals surface area contributed by atoms with Crippen molar-refractivity contribution in [3.05, 3.63) is 60.4 Å². The second-order valence-electron chi connectivity index (χ2n) is 6.26. The SMILES string of the molecule is CC1CN(c2ccccc2)CCN1C(=O)c1ccc2nc[nH]c2c1. The number of nitrogens with one attached hydrogen (secondary N) is 1. The van der Waals surface area contributed by atoms with E-state index < -0.39 is 0 Å². The van der Waals surface area contributed by atoms with Crippen molar-refractivity contribution in [2.75, 3.05) is 24.5 Å². The number of carbonyl (C=O) groups excluding carboxylic acids is 1. The van der Waals surface area contributed by atoms with Gasteiger partial charge in [0.15, 0.2) is 0 Å². The predicted molar refractivity (Wildman–Crippen MR) is 95.2 cm³/mol. The minimum Gasteiger partial charge on any atom is -0.368 e. The van der Waals surface area contributed by atoms with E-state index in [0.717, 1.165) is 30.7 Å². The van der Waals surface area contributed by atoms with Crippen molar-refractivity contribution in [3.63, 3.8) is 0 Å². The highest BCUT2D eigenvalue weighted by atomic mass is 16.2. The van der Waals surface area contributed by atoms with Crippen LogP contribution in [0.25, 0.3) is 11.0 Å². The van der Waals surface area contributed by atoms with Gasteiger partial charge in [-0.15, -0.1) is 0 Å². The molecule has 1 N–H and O–H groups in total. The maximum atomic E-state index is 12.9. The lowest BCUT2D eigenvalue weighted by Gasteiger charge is -2.41. The average Bonchev–Trinajstić information content (AvgIpc) is 3.09. The lowest BCUT2D eigenvalue weighted by Crippen LogP contribution is -2.54. The summed E-state index contributed by atoms with van der Waals surface area (Å²) < 4.78 is 0. The molecule has 1 fully saturated rings. The minimum absolute atomic E-state index is 0.0895. The van der Waals surface area contributed by atoms with Crippen LogP contribution in [-0.2, 0) is 0 Å². The summed E-state index contributed by atoms with van der Waals surface area (Å²) in [5.74, 6) is 0.0895. The first-order valence-electron chi connectivity index (χ1n) is 8.26. The van der Waals surface area contributed by atoms with Gasteiger partial charge in [0.05, 0.1) is 17.4 Å². The zero-order valence-electron chi connectivity index (χ0n) is 13.6. The summed E-state index contributed by atoms with van der Waals surface area (Å²) in [6, 6.07) is 16.2. The molecule has 0 aliphatic carbocycles. The third-order valence-electron chi connectivity index (χ3n) is 4.68. The molecule has 3 aromatic rings. The highest BCUT2D eigenvalue weighted by Gasteiger charge is 2.28. The number of benzene rings is 2. The lowest BCUT2D eigenvalue weighted by molar-refractivity contribution is 0.0674. The summed E-state index contributed by atoms with van der Waals surface area (Å²) in [5, 5.41) is 0. The Balaban J connectivity index is 1.51. The van der Waals surface area contributed by atoms with Crippen molar-refractivity contribution < 1.29 is 4.79 Å². The second kappa shape index (κ2) is 6.00. The van der Waals surface area contributed by atoms with E-state index in [1.165, 1.54) is 5.69 Å². The number of hydrogen-bond acceptors (Lipinski definition) is 3. The topological polar surface area (TPSA) is 52.2 Å². The first kappa shape index (κ1) is 14.8. The molecule has 0 spiro atoms. The van der Waals surface area contributed by atoms with Crippen LogP contribution < -0.4 is 4.90 Å². The Labute approximate surface area is 140 Å². The molecule has 1 unspecified atom stereocenters. The van der Waals surface area contributed by atoms with Crippen LogP contribution in [0.2, 0.25) is 0 Å². The fraction of sp³-hybridized carbons (Fsp3) is 0.263. The first-order valence-corrected chi connectivity index (χ1v) is 8.26.